The number of amides is 1. The predicted octanol–water partition coefficient (Wildman–Crippen LogP) is 4.76. The molecule has 0 saturated heterocycles. The lowest BCUT2D eigenvalue weighted by Gasteiger charge is -2.02. The minimum absolute atomic E-state index is 0.0484. The number of carbonyl (C=O) groups is 1. The number of thioether (sulfide) groups is 1. The summed E-state index contributed by atoms with van der Waals surface area (Å²) in [7, 11) is 1.59. The van der Waals surface area contributed by atoms with E-state index >= 15 is 0 Å². The topological polar surface area (TPSA) is 107 Å². The number of carbonyl (C=O) groups excluding carboxylic acids is 1. The van der Waals surface area contributed by atoms with Gasteiger partial charge in [0.1, 0.15) is 22.3 Å². The molecule has 1 heterocycles. The number of nitrogens with zero attached hydrogens (tertiary/aromatic N) is 2. The molecule has 0 radical (unpaired) electrons. The van der Waals surface area contributed by atoms with Gasteiger partial charge in [0, 0.05) is 16.5 Å². The monoisotopic (exact) mass is 445 g/mol. The van der Waals surface area contributed by atoms with Crippen molar-refractivity contribution in [3.05, 3.63) is 75.5 Å². The molecule has 3 aromatic rings. The maximum Gasteiger partial charge on any atom is 0.288 e. The van der Waals surface area contributed by atoms with Crippen LogP contribution in [0.4, 0.5) is 5.69 Å². The number of benzene rings is 2. The van der Waals surface area contributed by atoms with E-state index in [1.54, 1.807) is 25.3 Å². The first-order valence-electron chi connectivity index (χ1n) is 8.59. The number of furan rings is 1. The Hall–Kier alpha value is -3.30. The molecular formula is C20H16ClN3O5S. The van der Waals surface area contributed by atoms with E-state index in [2.05, 4.69) is 10.5 Å². The van der Waals surface area contributed by atoms with Crippen molar-refractivity contribution in [1.29, 1.82) is 0 Å². The molecule has 8 nitrogen and oxygen atoms in total. The Morgan fingerprint density at radius 1 is 1.27 bits per heavy atom. The van der Waals surface area contributed by atoms with E-state index in [4.69, 9.17) is 20.8 Å². The standard InChI is InChI=1S/C20H16ClN3O5S/c1-28-14-3-6-16(7-4-14)30-12-20(25)23-22-11-15-5-9-19(29-15)13-2-8-17(21)18(10-13)24(26)27/h2-11H,12H2,1H3,(H,23,25). The van der Waals surface area contributed by atoms with Crippen LogP contribution in [0.3, 0.4) is 0 Å². The van der Waals surface area contributed by atoms with Crippen molar-refractivity contribution in [2.75, 3.05) is 12.9 Å². The largest absolute Gasteiger partial charge is 0.497 e. The number of methoxy groups -OCH3 is 1. The molecule has 0 atom stereocenters. The van der Waals surface area contributed by atoms with Crippen LogP contribution in [0.5, 0.6) is 5.75 Å². The molecule has 0 aliphatic heterocycles. The summed E-state index contributed by atoms with van der Waals surface area (Å²) in [4.78, 5) is 23.3. The maximum absolute atomic E-state index is 11.9. The second kappa shape index (κ2) is 9.95. The van der Waals surface area contributed by atoms with E-state index in [-0.39, 0.29) is 22.4 Å². The highest BCUT2D eigenvalue weighted by molar-refractivity contribution is 8.00. The van der Waals surface area contributed by atoms with Crippen molar-refractivity contribution in [2.45, 2.75) is 4.90 Å². The van der Waals surface area contributed by atoms with E-state index in [0.717, 1.165) is 10.6 Å². The molecule has 0 fully saturated rings. The van der Waals surface area contributed by atoms with E-state index < -0.39 is 4.92 Å². The van der Waals surface area contributed by atoms with Gasteiger partial charge in [0.15, 0.2) is 0 Å². The Labute approximate surface area is 181 Å². The lowest BCUT2D eigenvalue weighted by molar-refractivity contribution is -0.384. The van der Waals surface area contributed by atoms with Gasteiger partial charge in [-0.2, -0.15) is 5.10 Å². The molecule has 0 unspecified atom stereocenters. The summed E-state index contributed by atoms with van der Waals surface area (Å²) >= 11 is 7.19. The average molecular weight is 446 g/mol. The van der Waals surface area contributed by atoms with Gasteiger partial charge in [-0.3, -0.25) is 14.9 Å². The second-order valence-electron chi connectivity index (χ2n) is 5.88. The van der Waals surface area contributed by atoms with Gasteiger partial charge in [-0.25, -0.2) is 5.43 Å². The molecule has 0 spiro atoms. The second-order valence-corrected chi connectivity index (χ2v) is 7.34. The fourth-order valence-electron chi connectivity index (χ4n) is 2.40. The lowest BCUT2D eigenvalue weighted by Crippen LogP contribution is -2.19. The quantitative estimate of drug-likeness (QED) is 0.232. The first-order valence-corrected chi connectivity index (χ1v) is 9.95. The third-order valence-electron chi connectivity index (χ3n) is 3.86. The van der Waals surface area contributed by atoms with Crippen LogP contribution in [0.1, 0.15) is 5.76 Å². The van der Waals surface area contributed by atoms with Crippen molar-refractivity contribution in [3.63, 3.8) is 0 Å². The number of hydrogen-bond donors (Lipinski definition) is 1. The van der Waals surface area contributed by atoms with Gasteiger partial charge in [0.2, 0.25) is 5.91 Å². The first-order chi connectivity index (χ1) is 14.5. The number of nitrogens with one attached hydrogen (secondary N) is 1. The highest BCUT2D eigenvalue weighted by Gasteiger charge is 2.15. The summed E-state index contributed by atoms with van der Waals surface area (Å²) in [6.45, 7) is 0. The Balaban J connectivity index is 1.54. The van der Waals surface area contributed by atoms with Gasteiger partial charge in [-0.1, -0.05) is 11.6 Å². The van der Waals surface area contributed by atoms with Crippen LogP contribution in [-0.2, 0) is 4.79 Å². The fourth-order valence-corrected chi connectivity index (χ4v) is 3.28. The number of nitro benzene ring substituents is 1. The minimum Gasteiger partial charge on any atom is -0.497 e. The van der Waals surface area contributed by atoms with E-state index in [0.29, 0.717) is 17.1 Å². The Kier molecular flexibility index (Phi) is 7.10. The van der Waals surface area contributed by atoms with Crippen molar-refractivity contribution in [2.24, 2.45) is 5.10 Å². The molecule has 0 aliphatic carbocycles. The molecule has 0 aliphatic rings. The molecule has 2 aromatic carbocycles. The van der Waals surface area contributed by atoms with Crippen LogP contribution in [0, 0.1) is 10.1 Å². The third kappa shape index (κ3) is 5.62. The Bertz CT molecular complexity index is 1080. The third-order valence-corrected chi connectivity index (χ3v) is 5.20. The number of halogens is 1. The van der Waals surface area contributed by atoms with Crippen LogP contribution in [0.2, 0.25) is 5.02 Å². The van der Waals surface area contributed by atoms with Gasteiger partial charge in [-0.05, 0) is 48.5 Å². The maximum atomic E-state index is 11.9. The number of hydrazone groups is 1. The van der Waals surface area contributed by atoms with E-state index in [9.17, 15) is 14.9 Å². The van der Waals surface area contributed by atoms with Gasteiger partial charge in [-0.15, -0.1) is 11.8 Å². The van der Waals surface area contributed by atoms with Crippen LogP contribution < -0.4 is 10.2 Å². The van der Waals surface area contributed by atoms with Crippen molar-refractivity contribution < 1.29 is 18.9 Å². The lowest BCUT2D eigenvalue weighted by atomic mass is 10.1. The van der Waals surface area contributed by atoms with Crippen LogP contribution in [0.25, 0.3) is 11.3 Å². The van der Waals surface area contributed by atoms with Crippen molar-refractivity contribution in [1.82, 2.24) is 5.43 Å². The summed E-state index contributed by atoms with van der Waals surface area (Å²) < 4.78 is 10.7. The van der Waals surface area contributed by atoms with Crippen LogP contribution >= 0.6 is 23.4 Å². The molecule has 10 heteroatoms. The Morgan fingerprint density at radius 3 is 2.73 bits per heavy atom. The van der Waals surface area contributed by atoms with Gasteiger partial charge in [0.25, 0.3) is 5.69 Å². The van der Waals surface area contributed by atoms with Crippen molar-refractivity contribution >= 4 is 41.2 Å². The zero-order valence-corrected chi connectivity index (χ0v) is 17.3. The molecule has 30 heavy (non-hydrogen) atoms. The normalized spacial score (nSPS) is 10.9. The molecule has 1 amide bonds. The zero-order chi connectivity index (χ0) is 21.5. The first kappa shape index (κ1) is 21.4. The smallest absolute Gasteiger partial charge is 0.288 e. The summed E-state index contributed by atoms with van der Waals surface area (Å²) in [5, 5.41) is 14.9. The summed E-state index contributed by atoms with van der Waals surface area (Å²) in [6.07, 6.45) is 1.35. The average Bonchev–Trinajstić information content (AvgIpc) is 3.21. The van der Waals surface area contributed by atoms with Gasteiger partial charge < -0.3 is 9.15 Å². The molecule has 154 valence electrons. The highest BCUT2D eigenvalue weighted by atomic mass is 35.5. The van der Waals surface area contributed by atoms with Crippen LogP contribution in [-0.4, -0.2) is 29.9 Å². The molecule has 1 N–H and O–H groups in total. The molecule has 0 bridgehead atoms. The fraction of sp³-hybridized carbons (Fsp3) is 0.100. The molecule has 3 rings (SSSR count). The zero-order valence-electron chi connectivity index (χ0n) is 15.7. The minimum atomic E-state index is -0.559. The molecular weight excluding hydrogens is 430 g/mol. The predicted molar refractivity (Wildman–Crippen MR) is 115 cm³/mol. The van der Waals surface area contributed by atoms with E-state index in [1.165, 1.54) is 30.1 Å². The molecule has 1 aromatic heterocycles. The number of ether oxygens (including phenoxy) is 1. The SMILES string of the molecule is COc1ccc(SCC(=O)NN=Cc2ccc(-c3ccc(Cl)c([N+](=O)[O-])c3)o2)cc1. The Morgan fingerprint density at radius 2 is 2.03 bits per heavy atom. The van der Waals surface area contributed by atoms with E-state index in [1.807, 2.05) is 24.3 Å². The summed E-state index contributed by atoms with van der Waals surface area (Å²) in [6, 6.07) is 15.0. The molecule has 0 saturated carbocycles. The van der Waals surface area contributed by atoms with Crippen LogP contribution in [0.15, 0.2) is 69.0 Å². The summed E-state index contributed by atoms with van der Waals surface area (Å²) in [5.74, 6) is 1.47. The highest BCUT2D eigenvalue weighted by Crippen LogP contribution is 2.31. The number of rotatable bonds is 8. The van der Waals surface area contributed by atoms with Gasteiger partial charge >= 0.3 is 0 Å². The summed E-state index contributed by atoms with van der Waals surface area (Å²) in [5.41, 5.74) is 2.72. The van der Waals surface area contributed by atoms with Gasteiger partial charge in [0.05, 0.1) is 24.0 Å². The number of hydrogen-bond acceptors (Lipinski definition) is 7. The number of nitro groups is 1. The van der Waals surface area contributed by atoms with Crippen molar-refractivity contribution in [3.8, 4) is 17.1 Å².